The Morgan fingerprint density at radius 2 is 2.18 bits per heavy atom. The minimum atomic E-state index is -0.254. The molecule has 1 saturated carbocycles. The topological polar surface area (TPSA) is 59.3 Å². The van der Waals surface area contributed by atoms with E-state index in [2.05, 4.69) is 32.5 Å². The number of hydrazone groups is 1. The van der Waals surface area contributed by atoms with Gasteiger partial charge in [-0.25, -0.2) is 5.43 Å². The molecule has 0 aromatic carbocycles. The Hall–Kier alpha value is -2.43. The summed E-state index contributed by atoms with van der Waals surface area (Å²) in [5, 5.41) is 4.01. The van der Waals surface area contributed by atoms with Crippen LogP contribution in [0.5, 0.6) is 0 Å². The summed E-state index contributed by atoms with van der Waals surface area (Å²) in [4.78, 5) is 15.7. The van der Waals surface area contributed by atoms with Gasteiger partial charge in [-0.05, 0) is 31.0 Å². The van der Waals surface area contributed by atoms with E-state index in [0.717, 1.165) is 5.56 Å². The number of pyridine rings is 1. The summed E-state index contributed by atoms with van der Waals surface area (Å²) in [6, 6.07) is 6.06. The molecule has 22 heavy (non-hydrogen) atoms. The number of nitrogens with zero attached hydrogens (tertiary/aromatic N) is 3. The van der Waals surface area contributed by atoms with Gasteiger partial charge in [0.2, 0.25) is 0 Å². The van der Waals surface area contributed by atoms with Gasteiger partial charge in [0.15, 0.2) is 0 Å². The molecule has 2 aromatic rings. The van der Waals surface area contributed by atoms with Gasteiger partial charge in [0, 0.05) is 36.4 Å². The third kappa shape index (κ3) is 3.61. The lowest BCUT2D eigenvalue weighted by Crippen LogP contribution is -2.17. The lowest BCUT2D eigenvalue weighted by atomic mass is 9.95. The van der Waals surface area contributed by atoms with E-state index in [0.29, 0.717) is 11.6 Å². The van der Waals surface area contributed by atoms with Crippen molar-refractivity contribution in [3.63, 3.8) is 0 Å². The van der Waals surface area contributed by atoms with E-state index in [4.69, 9.17) is 0 Å². The quantitative estimate of drug-likeness (QED) is 0.696. The molecule has 1 fully saturated rings. The smallest absolute Gasteiger partial charge is 0.272 e. The third-order valence-electron chi connectivity index (χ3n) is 4.04. The second-order valence-corrected chi connectivity index (χ2v) is 5.62. The molecule has 114 valence electrons. The third-order valence-corrected chi connectivity index (χ3v) is 4.04. The number of hydrogen-bond acceptors (Lipinski definition) is 3. The van der Waals surface area contributed by atoms with Crippen LogP contribution in [0.25, 0.3) is 0 Å². The zero-order chi connectivity index (χ0) is 15.2. The Bertz CT molecular complexity index is 642. The molecule has 0 saturated heterocycles. The Labute approximate surface area is 130 Å². The lowest BCUT2D eigenvalue weighted by Gasteiger charge is -2.23. The van der Waals surface area contributed by atoms with Crippen molar-refractivity contribution in [2.45, 2.75) is 38.1 Å². The Morgan fingerprint density at radius 1 is 1.32 bits per heavy atom. The molecule has 5 nitrogen and oxygen atoms in total. The molecule has 0 aliphatic heterocycles. The second-order valence-electron chi connectivity index (χ2n) is 5.62. The first-order chi connectivity index (χ1) is 10.8. The largest absolute Gasteiger partial charge is 0.351 e. The van der Waals surface area contributed by atoms with Crippen LogP contribution in [0.4, 0.5) is 0 Å². The highest BCUT2D eigenvalue weighted by atomic mass is 16.2. The number of nitrogens with one attached hydrogen (secondary N) is 1. The summed E-state index contributed by atoms with van der Waals surface area (Å²) in [5.74, 6) is -0.254. The molecule has 0 unspecified atom stereocenters. The molecule has 3 rings (SSSR count). The van der Waals surface area contributed by atoms with Gasteiger partial charge in [0.05, 0.1) is 11.8 Å². The fraction of sp³-hybridized carbons (Fsp3) is 0.353. The highest BCUT2D eigenvalue weighted by molar-refractivity contribution is 5.94. The number of aromatic nitrogens is 2. The van der Waals surface area contributed by atoms with Crippen LogP contribution in [0.2, 0.25) is 0 Å². The summed E-state index contributed by atoms with van der Waals surface area (Å²) >= 11 is 0. The Kier molecular flexibility index (Phi) is 4.63. The zero-order valence-corrected chi connectivity index (χ0v) is 12.5. The number of rotatable bonds is 4. The van der Waals surface area contributed by atoms with E-state index < -0.39 is 0 Å². The van der Waals surface area contributed by atoms with E-state index in [1.165, 1.54) is 38.3 Å². The van der Waals surface area contributed by atoms with Crippen molar-refractivity contribution in [2.75, 3.05) is 0 Å². The second kappa shape index (κ2) is 7.02. The maximum atomic E-state index is 11.8. The molecule has 5 heteroatoms. The van der Waals surface area contributed by atoms with Gasteiger partial charge in [-0.1, -0.05) is 19.3 Å². The van der Waals surface area contributed by atoms with Gasteiger partial charge in [-0.3, -0.25) is 9.78 Å². The van der Waals surface area contributed by atoms with E-state index in [1.807, 2.05) is 6.07 Å². The Balaban J connectivity index is 1.57. The van der Waals surface area contributed by atoms with Crippen molar-refractivity contribution in [1.29, 1.82) is 0 Å². The van der Waals surface area contributed by atoms with E-state index in [-0.39, 0.29) is 5.91 Å². The summed E-state index contributed by atoms with van der Waals surface area (Å²) in [6.07, 6.45) is 15.5. The van der Waals surface area contributed by atoms with Crippen molar-refractivity contribution < 1.29 is 4.79 Å². The first-order valence-corrected chi connectivity index (χ1v) is 7.74. The number of hydrogen-bond donors (Lipinski definition) is 1. The molecule has 0 spiro atoms. The average Bonchev–Trinajstić information content (AvgIpc) is 3.05. The van der Waals surface area contributed by atoms with Crippen molar-refractivity contribution in [3.05, 3.63) is 54.1 Å². The van der Waals surface area contributed by atoms with Crippen LogP contribution in [0.3, 0.4) is 0 Å². The highest BCUT2D eigenvalue weighted by Crippen LogP contribution is 2.28. The molecule has 2 aromatic heterocycles. The molecular formula is C17H20N4O. The average molecular weight is 296 g/mol. The van der Waals surface area contributed by atoms with Gasteiger partial charge in [-0.15, -0.1) is 0 Å². The predicted molar refractivity (Wildman–Crippen MR) is 85.9 cm³/mol. The normalized spacial score (nSPS) is 16.0. The predicted octanol–water partition coefficient (Wildman–Crippen LogP) is 3.15. The fourth-order valence-electron chi connectivity index (χ4n) is 2.84. The summed E-state index contributed by atoms with van der Waals surface area (Å²) in [6.45, 7) is 0. The van der Waals surface area contributed by atoms with Crippen LogP contribution in [0.1, 0.15) is 54.1 Å². The van der Waals surface area contributed by atoms with E-state index in [1.54, 1.807) is 24.5 Å². The first kappa shape index (κ1) is 14.5. The van der Waals surface area contributed by atoms with Crippen LogP contribution in [0, 0.1) is 0 Å². The molecule has 1 amide bonds. The molecular weight excluding hydrogens is 276 g/mol. The minimum Gasteiger partial charge on any atom is -0.351 e. The number of carbonyl (C=O) groups is 1. The summed E-state index contributed by atoms with van der Waals surface area (Å²) in [5.41, 5.74) is 4.01. The Morgan fingerprint density at radius 3 is 2.95 bits per heavy atom. The van der Waals surface area contributed by atoms with Crippen molar-refractivity contribution >= 4 is 12.1 Å². The van der Waals surface area contributed by atoms with Gasteiger partial charge in [0.25, 0.3) is 5.91 Å². The number of carbonyl (C=O) groups excluding carboxylic acids is 1. The van der Waals surface area contributed by atoms with Gasteiger partial charge in [0.1, 0.15) is 0 Å². The first-order valence-electron chi connectivity index (χ1n) is 7.74. The maximum absolute atomic E-state index is 11.8. The summed E-state index contributed by atoms with van der Waals surface area (Å²) < 4.78 is 2.27. The van der Waals surface area contributed by atoms with Gasteiger partial charge in [-0.2, -0.15) is 5.10 Å². The van der Waals surface area contributed by atoms with Crippen LogP contribution in [-0.4, -0.2) is 21.7 Å². The summed E-state index contributed by atoms with van der Waals surface area (Å²) in [7, 11) is 0. The van der Waals surface area contributed by atoms with E-state index in [9.17, 15) is 4.79 Å². The molecule has 0 bridgehead atoms. The minimum absolute atomic E-state index is 0.254. The van der Waals surface area contributed by atoms with Crippen molar-refractivity contribution in [1.82, 2.24) is 15.0 Å². The van der Waals surface area contributed by atoms with Crippen LogP contribution in [0.15, 0.2) is 48.1 Å². The van der Waals surface area contributed by atoms with Gasteiger partial charge < -0.3 is 4.57 Å². The van der Waals surface area contributed by atoms with Crippen LogP contribution in [-0.2, 0) is 0 Å². The molecule has 1 aliphatic carbocycles. The molecule has 0 radical (unpaired) electrons. The highest BCUT2D eigenvalue weighted by Gasteiger charge is 2.14. The standard InChI is InChI=1S/C17H20N4O/c22-17(15-5-4-9-18-12-15)20-19-11-14-8-10-21(13-14)16-6-2-1-3-7-16/h4-5,8-13,16H,1-3,6-7H2,(H,20,22)/b19-11-. The zero-order valence-electron chi connectivity index (χ0n) is 12.5. The molecule has 0 atom stereocenters. The maximum Gasteiger partial charge on any atom is 0.272 e. The monoisotopic (exact) mass is 296 g/mol. The number of amides is 1. The van der Waals surface area contributed by atoms with Crippen LogP contribution < -0.4 is 5.43 Å². The van der Waals surface area contributed by atoms with Crippen molar-refractivity contribution in [3.8, 4) is 0 Å². The molecule has 1 N–H and O–H groups in total. The van der Waals surface area contributed by atoms with Crippen molar-refractivity contribution in [2.24, 2.45) is 5.10 Å². The lowest BCUT2D eigenvalue weighted by molar-refractivity contribution is 0.0955. The van der Waals surface area contributed by atoms with Gasteiger partial charge >= 0.3 is 0 Å². The fourth-order valence-corrected chi connectivity index (χ4v) is 2.84. The molecule has 2 heterocycles. The SMILES string of the molecule is O=C(N/N=C\c1ccn(C2CCCCC2)c1)c1cccnc1. The van der Waals surface area contributed by atoms with E-state index >= 15 is 0 Å². The molecule has 1 aliphatic rings. The van der Waals surface area contributed by atoms with Crippen LogP contribution >= 0.6 is 0 Å².